The van der Waals surface area contributed by atoms with Gasteiger partial charge in [-0.15, -0.1) is 0 Å². The Hall–Kier alpha value is -1.73. The van der Waals surface area contributed by atoms with Crippen LogP contribution in [0.1, 0.15) is 20.7 Å². The van der Waals surface area contributed by atoms with E-state index >= 15 is 0 Å². The number of carboxylic acid groups (broad SMARTS) is 2. The molecule has 1 aromatic rings. The van der Waals surface area contributed by atoms with Crippen LogP contribution in [0.4, 0.5) is 0 Å². The van der Waals surface area contributed by atoms with Crippen LogP contribution in [0.2, 0.25) is 0 Å². The summed E-state index contributed by atoms with van der Waals surface area (Å²) in [7, 11) is 0. The van der Waals surface area contributed by atoms with Crippen molar-refractivity contribution in [3.63, 3.8) is 0 Å². The summed E-state index contributed by atoms with van der Waals surface area (Å²) in [6.07, 6.45) is 0. The number of hydrogen-bond acceptors (Lipinski definition) is 4. The minimum atomic E-state index is -2.58. The van der Waals surface area contributed by atoms with Crippen LogP contribution in [0, 0.1) is 0 Å². The van der Waals surface area contributed by atoms with E-state index in [4.69, 9.17) is 10.2 Å². The van der Waals surface area contributed by atoms with Gasteiger partial charge in [0.2, 0.25) is 0 Å². The Balaban J connectivity index is 3.40. The van der Waals surface area contributed by atoms with Crippen molar-refractivity contribution in [3.05, 3.63) is 29.3 Å². The second kappa shape index (κ2) is 4.20. The molecule has 1 unspecified atom stereocenters. The quantitative estimate of drug-likeness (QED) is 0.721. The lowest BCUT2D eigenvalue weighted by Gasteiger charge is -2.07. The predicted octanol–water partition coefficient (Wildman–Crippen LogP) is 0.321. The summed E-state index contributed by atoms with van der Waals surface area (Å²) < 4.78 is 21.0. The summed E-state index contributed by atoms with van der Waals surface area (Å²) in [6, 6.07) is 2.77. The molecule has 6 nitrogen and oxygen atoms in total. The number of aromatic carboxylic acids is 2. The van der Waals surface area contributed by atoms with Crippen molar-refractivity contribution in [2.24, 2.45) is 0 Å². The zero-order chi connectivity index (χ0) is 11.6. The van der Waals surface area contributed by atoms with Gasteiger partial charge in [0.25, 0.3) is 0 Å². The molecule has 1 aromatic carbocycles. The Morgan fingerprint density at radius 3 is 2.07 bits per heavy atom. The highest BCUT2D eigenvalue weighted by Gasteiger charge is 2.16. The topological polar surface area (TPSA) is 115 Å². The van der Waals surface area contributed by atoms with Crippen LogP contribution in [0.3, 0.4) is 0 Å². The third-order valence-electron chi connectivity index (χ3n) is 1.64. The molecule has 0 bridgehead atoms. The molecule has 0 fully saturated rings. The zero-order valence-electron chi connectivity index (χ0n) is 7.17. The van der Waals surface area contributed by atoms with Crippen LogP contribution < -0.4 is 0 Å². The summed E-state index contributed by atoms with van der Waals surface area (Å²) in [5.41, 5.74) is -0.999. The van der Waals surface area contributed by atoms with Gasteiger partial charge in [0.15, 0.2) is 0 Å². The van der Waals surface area contributed by atoms with E-state index in [-0.39, 0.29) is 4.90 Å². The molecule has 15 heavy (non-hydrogen) atoms. The molecule has 1 atom stereocenters. The van der Waals surface area contributed by atoms with Crippen molar-refractivity contribution in [1.82, 2.24) is 0 Å². The first-order valence-corrected chi connectivity index (χ1v) is 4.71. The molecule has 0 spiro atoms. The summed E-state index contributed by atoms with van der Waals surface area (Å²) >= 11 is -2.58. The molecule has 0 saturated heterocycles. The molecular formula is C8H5O6S-. The highest BCUT2D eigenvalue weighted by Crippen LogP contribution is 2.14. The molecule has 0 aromatic heterocycles. The van der Waals surface area contributed by atoms with Crippen molar-refractivity contribution >= 4 is 23.0 Å². The van der Waals surface area contributed by atoms with E-state index in [1.165, 1.54) is 0 Å². The van der Waals surface area contributed by atoms with Crippen molar-refractivity contribution in [3.8, 4) is 0 Å². The van der Waals surface area contributed by atoms with Gasteiger partial charge >= 0.3 is 11.9 Å². The molecular weight excluding hydrogens is 224 g/mol. The lowest BCUT2D eigenvalue weighted by atomic mass is 10.1. The molecule has 1 rings (SSSR count). The lowest BCUT2D eigenvalue weighted by molar-refractivity contribution is 0.0651. The molecule has 0 aliphatic heterocycles. The Morgan fingerprint density at radius 1 is 1.13 bits per heavy atom. The van der Waals surface area contributed by atoms with E-state index < -0.39 is 34.1 Å². The largest absolute Gasteiger partial charge is 0.768 e. The number of hydrogen-bond donors (Lipinski definition) is 2. The van der Waals surface area contributed by atoms with Crippen LogP contribution >= 0.6 is 0 Å². The lowest BCUT2D eigenvalue weighted by Crippen LogP contribution is -2.08. The Bertz CT molecular complexity index is 452. The van der Waals surface area contributed by atoms with Crippen LogP contribution in [0.25, 0.3) is 0 Å². The summed E-state index contributed by atoms with van der Waals surface area (Å²) in [4.78, 5) is 21.0. The van der Waals surface area contributed by atoms with Crippen molar-refractivity contribution in [2.45, 2.75) is 4.90 Å². The molecule has 0 saturated carbocycles. The standard InChI is InChI=1S/C8H6O6S/c9-7(10)5-2-1-4(15(13)14)3-6(5)8(11)12/h1-3H,(H,9,10)(H,11,12)(H,13,14)/p-1. The van der Waals surface area contributed by atoms with Crippen molar-refractivity contribution in [2.75, 3.05) is 0 Å². The SMILES string of the molecule is O=C(O)c1ccc(S(=O)[O-])cc1C(=O)O. The maximum atomic E-state index is 10.6. The third kappa shape index (κ3) is 2.39. The fourth-order valence-corrected chi connectivity index (χ4v) is 1.38. The zero-order valence-corrected chi connectivity index (χ0v) is 7.98. The maximum Gasteiger partial charge on any atom is 0.336 e. The fourth-order valence-electron chi connectivity index (χ4n) is 0.990. The van der Waals surface area contributed by atoms with Gasteiger partial charge in [-0.1, -0.05) is 0 Å². The first-order valence-electron chi connectivity index (χ1n) is 3.63. The van der Waals surface area contributed by atoms with Crippen LogP contribution in [-0.4, -0.2) is 30.9 Å². The van der Waals surface area contributed by atoms with Gasteiger partial charge in [0.1, 0.15) is 0 Å². The van der Waals surface area contributed by atoms with Crippen LogP contribution in [-0.2, 0) is 11.1 Å². The minimum absolute atomic E-state index is 0.266. The van der Waals surface area contributed by atoms with Gasteiger partial charge in [0, 0.05) is 4.90 Å². The van der Waals surface area contributed by atoms with Gasteiger partial charge in [-0.2, -0.15) is 0 Å². The van der Waals surface area contributed by atoms with E-state index in [1.807, 2.05) is 0 Å². The summed E-state index contributed by atoms with van der Waals surface area (Å²) in [5.74, 6) is -2.91. The highest BCUT2D eigenvalue weighted by molar-refractivity contribution is 7.79. The van der Waals surface area contributed by atoms with E-state index in [0.717, 1.165) is 18.2 Å². The average molecular weight is 229 g/mol. The Kier molecular flexibility index (Phi) is 3.17. The molecule has 2 N–H and O–H groups in total. The predicted molar refractivity (Wildman–Crippen MR) is 47.5 cm³/mol. The number of carboxylic acids is 2. The van der Waals surface area contributed by atoms with Crippen LogP contribution in [0.5, 0.6) is 0 Å². The van der Waals surface area contributed by atoms with Crippen LogP contribution in [0.15, 0.2) is 23.1 Å². The van der Waals surface area contributed by atoms with E-state index in [1.54, 1.807) is 0 Å². The first-order chi connectivity index (χ1) is 6.93. The average Bonchev–Trinajstić information content (AvgIpc) is 2.16. The molecule has 0 amide bonds. The summed E-state index contributed by atoms with van der Waals surface area (Å²) in [5, 5.41) is 17.3. The van der Waals surface area contributed by atoms with Gasteiger partial charge in [-0.25, -0.2) is 9.59 Å². The normalized spacial score (nSPS) is 12.1. The first kappa shape index (κ1) is 11.3. The fraction of sp³-hybridized carbons (Fsp3) is 0. The third-order valence-corrected chi connectivity index (χ3v) is 2.28. The molecule has 0 heterocycles. The Labute approximate surface area is 86.5 Å². The van der Waals surface area contributed by atoms with Crippen molar-refractivity contribution in [1.29, 1.82) is 0 Å². The van der Waals surface area contributed by atoms with E-state index in [2.05, 4.69) is 0 Å². The van der Waals surface area contributed by atoms with E-state index in [9.17, 15) is 18.4 Å². The molecule has 0 aliphatic carbocycles. The second-order valence-electron chi connectivity index (χ2n) is 2.55. The smallest absolute Gasteiger partial charge is 0.336 e. The second-order valence-corrected chi connectivity index (χ2v) is 3.49. The van der Waals surface area contributed by atoms with Gasteiger partial charge in [-0.3, -0.25) is 4.21 Å². The van der Waals surface area contributed by atoms with Gasteiger partial charge in [0.05, 0.1) is 11.1 Å². The molecule has 80 valence electrons. The molecule has 0 aliphatic rings. The number of rotatable bonds is 3. The highest BCUT2D eigenvalue weighted by atomic mass is 32.2. The molecule has 0 radical (unpaired) electrons. The van der Waals surface area contributed by atoms with E-state index in [0.29, 0.717) is 0 Å². The summed E-state index contributed by atoms with van der Waals surface area (Å²) in [6.45, 7) is 0. The minimum Gasteiger partial charge on any atom is -0.768 e. The van der Waals surface area contributed by atoms with Gasteiger partial charge in [-0.05, 0) is 29.3 Å². The molecule has 7 heteroatoms. The maximum absolute atomic E-state index is 10.6. The monoisotopic (exact) mass is 229 g/mol. The number of benzene rings is 1. The van der Waals surface area contributed by atoms with Gasteiger partial charge < -0.3 is 14.8 Å². The van der Waals surface area contributed by atoms with Crippen molar-refractivity contribution < 1.29 is 28.6 Å². The Morgan fingerprint density at radius 2 is 1.67 bits per heavy atom. The number of carbonyl (C=O) groups is 2.